The number of anilines is 1. The molecule has 0 saturated carbocycles. The van der Waals surface area contributed by atoms with Crippen LogP contribution in [0.1, 0.15) is 44.0 Å². The van der Waals surface area contributed by atoms with E-state index in [9.17, 15) is 4.79 Å². The third kappa shape index (κ3) is 5.30. The number of rotatable bonds is 8. The van der Waals surface area contributed by atoms with Crippen LogP contribution >= 0.6 is 0 Å². The molecule has 2 rings (SSSR count). The zero-order chi connectivity index (χ0) is 17.4. The van der Waals surface area contributed by atoms with Crippen molar-refractivity contribution < 1.29 is 14.3 Å². The summed E-state index contributed by atoms with van der Waals surface area (Å²) in [5.74, 6) is 1.19. The van der Waals surface area contributed by atoms with E-state index in [2.05, 4.69) is 12.2 Å². The Bertz CT molecular complexity index is 667. The number of benzene rings is 2. The Hall–Kier alpha value is -2.49. The number of carbonyl (C=O) groups is 1. The van der Waals surface area contributed by atoms with Crippen molar-refractivity contribution in [3.8, 4) is 11.5 Å². The van der Waals surface area contributed by atoms with E-state index in [1.807, 2.05) is 50.2 Å². The molecule has 1 N–H and O–H groups in total. The number of carbonyl (C=O) groups excluding carboxylic acids is 1. The normalized spacial score (nSPS) is 10.5. The average molecular weight is 327 g/mol. The zero-order valence-corrected chi connectivity index (χ0v) is 14.5. The van der Waals surface area contributed by atoms with Crippen molar-refractivity contribution in [1.82, 2.24) is 0 Å². The second-order valence-corrected chi connectivity index (χ2v) is 5.85. The summed E-state index contributed by atoms with van der Waals surface area (Å²) in [7, 11) is 0. The van der Waals surface area contributed by atoms with Crippen LogP contribution in [0.3, 0.4) is 0 Å². The third-order valence-corrected chi connectivity index (χ3v) is 3.36. The summed E-state index contributed by atoms with van der Waals surface area (Å²) in [6.45, 7) is 6.66. The minimum absolute atomic E-state index is 0.0657. The topological polar surface area (TPSA) is 47.6 Å². The molecule has 1 amide bonds. The third-order valence-electron chi connectivity index (χ3n) is 3.36. The van der Waals surface area contributed by atoms with Gasteiger partial charge in [0.1, 0.15) is 11.5 Å². The van der Waals surface area contributed by atoms with Crippen molar-refractivity contribution in [3.05, 3.63) is 54.1 Å². The summed E-state index contributed by atoms with van der Waals surface area (Å²) in [6, 6.07) is 14.7. The van der Waals surface area contributed by atoms with Crippen LogP contribution in [0.2, 0.25) is 0 Å². The Labute approximate surface area is 143 Å². The first-order valence-electron chi connectivity index (χ1n) is 8.40. The summed E-state index contributed by atoms with van der Waals surface area (Å²) < 4.78 is 11.4. The summed E-state index contributed by atoms with van der Waals surface area (Å²) in [5.41, 5.74) is 1.23. The molecule has 0 atom stereocenters. The first kappa shape index (κ1) is 17.9. The second kappa shape index (κ2) is 8.96. The lowest BCUT2D eigenvalue weighted by atomic mass is 10.2. The highest BCUT2D eigenvalue weighted by molar-refractivity contribution is 6.05. The molecule has 0 bridgehead atoms. The van der Waals surface area contributed by atoms with Crippen molar-refractivity contribution in [3.63, 3.8) is 0 Å². The van der Waals surface area contributed by atoms with Gasteiger partial charge in [-0.25, -0.2) is 0 Å². The molecule has 4 heteroatoms. The van der Waals surface area contributed by atoms with Gasteiger partial charge in [-0.15, -0.1) is 0 Å². The van der Waals surface area contributed by atoms with Crippen LogP contribution in [0.5, 0.6) is 11.5 Å². The van der Waals surface area contributed by atoms with Gasteiger partial charge in [-0.3, -0.25) is 4.79 Å². The molecule has 2 aromatic rings. The van der Waals surface area contributed by atoms with Gasteiger partial charge < -0.3 is 14.8 Å². The van der Waals surface area contributed by atoms with E-state index in [0.29, 0.717) is 29.4 Å². The van der Waals surface area contributed by atoms with Crippen LogP contribution in [-0.4, -0.2) is 18.6 Å². The zero-order valence-electron chi connectivity index (χ0n) is 14.5. The maximum atomic E-state index is 12.5. The number of nitrogens with one attached hydrogen (secondary N) is 1. The number of hydrogen-bond acceptors (Lipinski definition) is 3. The van der Waals surface area contributed by atoms with Crippen LogP contribution in [0.25, 0.3) is 0 Å². The average Bonchev–Trinajstić information content (AvgIpc) is 2.56. The Kier molecular flexibility index (Phi) is 6.67. The molecular weight excluding hydrogens is 302 g/mol. The number of para-hydroxylation sites is 2. The minimum atomic E-state index is -0.184. The fourth-order valence-corrected chi connectivity index (χ4v) is 2.20. The smallest absolute Gasteiger partial charge is 0.255 e. The van der Waals surface area contributed by atoms with Crippen LogP contribution < -0.4 is 14.8 Å². The van der Waals surface area contributed by atoms with Crippen molar-refractivity contribution in [2.24, 2.45) is 0 Å². The van der Waals surface area contributed by atoms with Gasteiger partial charge in [0.05, 0.1) is 18.4 Å². The number of amides is 1. The fraction of sp³-hybridized carbons (Fsp3) is 0.350. The van der Waals surface area contributed by atoms with E-state index in [0.717, 1.165) is 12.8 Å². The summed E-state index contributed by atoms with van der Waals surface area (Å²) in [5, 5.41) is 2.91. The van der Waals surface area contributed by atoms with E-state index in [4.69, 9.17) is 9.47 Å². The van der Waals surface area contributed by atoms with Gasteiger partial charge >= 0.3 is 0 Å². The molecule has 0 aromatic heterocycles. The number of unbranched alkanes of at least 4 members (excludes halogenated alkanes) is 1. The van der Waals surface area contributed by atoms with Gasteiger partial charge in [0.25, 0.3) is 5.91 Å². The van der Waals surface area contributed by atoms with Crippen LogP contribution in [0.4, 0.5) is 5.69 Å². The fourth-order valence-electron chi connectivity index (χ4n) is 2.20. The maximum Gasteiger partial charge on any atom is 0.255 e. The minimum Gasteiger partial charge on any atom is -0.491 e. The lowest BCUT2D eigenvalue weighted by Crippen LogP contribution is -2.14. The van der Waals surface area contributed by atoms with Crippen molar-refractivity contribution in [1.29, 1.82) is 0 Å². The molecule has 0 radical (unpaired) electrons. The molecule has 0 aliphatic rings. The summed E-state index contributed by atoms with van der Waals surface area (Å²) in [4.78, 5) is 12.5. The molecule has 2 aromatic carbocycles. The molecule has 0 aliphatic heterocycles. The number of ether oxygens (including phenoxy) is 2. The van der Waals surface area contributed by atoms with E-state index in [1.54, 1.807) is 12.1 Å². The Morgan fingerprint density at radius 1 is 1.12 bits per heavy atom. The van der Waals surface area contributed by atoms with Gasteiger partial charge in [0.2, 0.25) is 0 Å². The van der Waals surface area contributed by atoms with E-state index >= 15 is 0 Å². The highest BCUT2D eigenvalue weighted by Crippen LogP contribution is 2.25. The molecule has 0 aliphatic carbocycles. The Balaban J connectivity index is 2.09. The molecule has 24 heavy (non-hydrogen) atoms. The quantitative estimate of drug-likeness (QED) is 0.701. The monoisotopic (exact) mass is 327 g/mol. The second-order valence-electron chi connectivity index (χ2n) is 5.85. The first-order chi connectivity index (χ1) is 11.6. The lowest BCUT2D eigenvalue weighted by molar-refractivity contribution is 0.102. The van der Waals surface area contributed by atoms with Gasteiger partial charge in [-0.2, -0.15) is 0 Å². The molecule has 128 valence electrons. The van der Waals surface area contributed by atoms with Gasteiger partial charge in [0.15, 0.2) is 0 Å². The van der Waals surface area contributed by atoms with Crippen molar-refractivity contribution >= 4 is 11.6 Å². The van der Waals surface area contributed by atoms with E-state index in [1.165, 1.54) is 0 Å². The number of hydrogen-bond donors (Lipinski definition) is 1. The first-order valence-corrected chi connectivity index (χ1v) is 8.40. The molecule has 0 spiro atoms. The Morgan fingerprint density at radius 2 is 1.92 bits per heavy atom. The van der Waals surface area contributed by atoms with Crippen LogP contribution in [0, 0.1) is 0 Å². The van der Waals surface area contributed by atoms with Gasteiger partial charge in [-0.05, 0) is 50.6 Å². The predicted molar refractivity (Wildman–Crippen MR) is 97.0 cm³/mol. The van der Waals surface area contributed by atoms with E-state index < -0.39 is 0 Å². The van der Waals surface area contributed by atoms with Crippen molar-refractivity contribution in [2.75, 3.05) is 11.9 Å². The molecule has 0 heterocycles. The summed E-state index contributed by atoms with van der Waals surface area (Å²) >= 11 is 0. The van der Waals surface area contributed by atoms with Crippen LogP contribution in [0.15, 0.2) is 48.5 Å². The highest BCUT2D eigenvalue weighted by Gasteiger charge is 2.11. The van der Waals surface area contributed by atoms with Gasteiger partial charge in [0, 0.05) is 5.56 Å². The van der Waals surface area contributed by atoms with Crippen molar-refractivity contribution in [2.45, 2.75) is 39.7 Å². The molecule has 0 fully saturated rings. The maximum absolute atomic E-state index is 12.5. The highest BCUT2D eigenvalue weighted by atomic mass is 16.5. The van der Waals surface area contributed by atoms with E-state index in [-0.39, 0.29) is 12.0 Å². The largest absolute Gasteiger partial charge is 0.491 e. The standard InChI is InChI=1S/C20H25NO3/c1-4-5-13-23-19-12-7-6-11-18(19)21-20(22)16-9-8-10-17(14-16)24-15(2)3/h6-12,14-15H,4-5,13H2,1-3H3,(H,21,22). The molecule has 4 nitrogen and oxygen atoms in total. The predicted octanol–water partition coefficient (Wildman–Crippen LogP) is 4.91. The SMILES string of the molecule is CCCCOc1ccccc1NC(=O)c1cccc(OC(C)C)c1. The molecule has 0 saturated heterocycles. The van der Waals surface area contributed by atoms with Gasteiger partial charge in [-0.1, -0.05) is 31.5 Å². The summed E-state index contributed by atoms with van der Waals surface area (Å²) in [6.07, 6.45) is 2.12. The van der Waals surface area contributed by atoms with Crippen LogP contribution in [-0.2, 0) is 0 Å². The molecule has 0 unspecified atom stereocenters. The lowest BCUT2D eigenvalue weighted by Gasteiger charge is -2.13. The molecular formula is C20H25NO3. The Morgan fingerprint density at radius 3 is 2.67 bits per heavy atom.